The van der Waals surface area contributed by atoms with E-state index in [-0.39, 0.29) is 6.03 Å². The summed E-state index contributed by atoms with van der Waals surface area (Å²) in [5.41, 5.74) is 5.26. The van der Waals surface area contributed by atoms with Crippen LogP contribution in [0.4, 0.5) is 4.79 Å². The molecule has 4 heteroatoms. The lowest BCUT2D eigenvalue weighted by molar-refractivity contribution is 0.134. The maximum absolute atomic E-state index is 11.0. The Kier molecular flexibility index (Phi) is 2.15. The molecule has 0 saturated carbocycles. The van der Waals surface area contributed by atoms with Gasteiger partial charge < -0.3 is 15.5 Å². The van der Waals surface area contributed by atoms with Crippen LogP contribution in [0.25, 0.3) is 0 Å². The molecule has 2 fully saturated rings. The largest absolute Gasteiger partial charge is 0.351 e. The number of hydrogen-bond donors (Lipinski definition) is 1. The summed E-state index contributed by atoms with van der Waals surface area (Å²) in [6.07, 6.45) is 2.41. The van der Waals surface area contributed by atoms with Gasteiger partial charge >= 0.3 is 6.03 Å². The smallest absolute Gasteiger partial charge is 0.314 e. The lowest BCUT2D eigenvalue weighted by atomic mass is 9.92. The highest BCUT2D eigenvalue weighted by molar-refractivity contribution is 5.72. The summed E-state index contributed by atoms with van der Waals surface area (Å²) >= 11 is 0. The average Bonchev–Trinajstić information content (AvgIpc) is 2.47. The van der Waals surface area contributed by atoms with Crippen molar-refractivity contribution in [1.29, 1.82) is 0 Å². The Morgan fingerprint density at radius 3 is 2.77 bits per heavy atom. The van der Waals surface area contributed by atoms with E-state index < -0.39 is 0 Å². The van der Waals surface area contributed by atoms with Gasteiger partial charge in [0.25, 0.3) is 0 Å². The molecule has 2 heterocycles. The number of nitrogens with two attached hydrogens (primary N) is 1. The van der Waals surface area contributed by atoms with E-state index in [1.807, 2.05) is 0 Å². The van der Waals surface area contributed by atoms with Crippen molar-refractivity contribution in [1.82, 2.24) is 9.80 Å². The van der Waals surface area contributed by atoms with Crippen LogP contribution in [0.5, 0.6) is 0 Å². The number of fused-ring (bicyclic) bond motifs is 1. The summed E-state index contributed by atoms with van der Waals surface area (Å²) in [4.78, 5) is 15.1. The molecule has 2 rings (SSSR count). The van der Waals surface area contributed by atoms with Crippen molar-refractivity contribution < 1.29 is 4.79 Å². The number of piperidine rings is 1. The van der Waals surface area contributed by atoms with Crippen molar-refractivity contribution >= 4 is 6.03 Å². The number of primary amides is 1. The van der Waals surface area contributed by atoms with Gasteiger partial charge in [-0.3, -0.25) is 0 Å². The van der Waals surface area contributed by atoms with Gasteiger partial charge in [-0.05, 0) is 32.4 Å². The maximum atomic E-state index is 11.0. The lowest BCUT2D eigenvalue weighted by Crippen LogP contribution is -2.50. The second kappa shape index (κ2) is 3.18. The average molecular weight is 183 g/mol. The molecule has 13 heavy (non-hydrogen) atoms. The van der Waals surface area contributed by atoms with E-state index in [0.29, 0.717) is 6.04 Å². The molecule has 0 aromatic carbocycles. The first kappa shape index (κ1) is 8.81. The molecule has 0 radical (unpaired) electrons. The molecule has 0 aromatic rings. The van der Waals surface area contributed by atoms with E-state index in [0.717, 1.165) is 25.4 Å². The first-order valence-corrected chi connectivity index (χ1v) is 4.93. The molecule has 2 amide bonds. The van der Waals surface area contributed by atoms with E-state index in [4.69, 9.17) is 5.73 Å². The Hall–Kier alpha value is -0.770. The minimum Gasteiger partial charge on any atom is -0.351 e. The Bertz CT molecular complexity index is 219. The third-order valence-electron chi connectivity index (χ3n) is 3.45. The summed E-state index contributed by atoms with van der Waals surface area (Å²) in [6, 6.07) is 0.292. The van der Waals surface area contributed by atoms with Crippen molar-refractivity contribution in [3.8, 4) is 0 Å². The molecule has 0 aliphatic carbocycles. The van der Waals surface area contributed by atoms with E-state index in [9.17, 15) is 4.79 Å². The Balaban J connectivity index is 2.01. The fourth-order valence-electron chi connectivity index (χ4n) is 2.55. The lowest BCUT2D eigenvalue weighted by Gasteiger charge is -2.36. The highest BCUT2D eigenvalue weighted by Crippen LogP contribution is 2.30. The standard InChI is InChI=1S/C9H17N3O/c1-11-4-2-7-3-5-12(9(10)13)6-8(7)11/h7-8H,2-6H2,1H3,(H2,10,13). The number of nitrogens with zero attached hydrogens (tertiary/aromatic N) is 2. The van der Waals surface area contributed by atoms with Crippen molar-refractivity contribution in [2.24, 2.45) is 11.7 Å². The van der Waals surface area contributed by atoms with Crippen LogP contribution < -0.4 is 5.73 Å². The van der Waals surface area contributed by atoms with E-state index in [1.54, 1.807) is 4.90 Å². The fourth-order valence-corrected chi connectivity index (χ4v) is 2.55. The number of amides is 2. The molecule has 2 saturated heterocycles. The fraction of sp³-hybridized carbons (Fsp3) is 0.889. The van der Waals surface area contributed by atoms with E-state index in [2.05, 4.69) is 11.9 Å². The van der Waals surface area contributed by atoms with Crippen LogP contribution in [0.15, 0.2) is 0 Å². The first-order chi connectivity index (χ1) is 6.18. The molecule has 0 bridgehead atoms. The van der Waals surface area contributed by atoms with Crippen LogP contribution in [-0.2, 0) is 0 Å². The van der Waals surface area contributed by atoms with Crippen LogP contribution in [0.3, 0.4) is 0 Å². The molecule has 4 nitrogen and oxygen atoms in total. The highest BCUT2D eigenvalue weighted by atomic mass is 16.2. The van der Waals surface area contributed by atoms with Crippen LogP contribution in [0.1, 0.15) is 12.8 Å². The van der Waals surface area contributed by atoms with Gasteiger partial charge in [-0.2, -0.15) is 0 Å². The number of carbonyl (C=O) groups excluding carboxylic acids is 1. The predicted octanol–water partition coefficient (Wildman–Crippen LogP) is 0.0911. The minimum absolute atomic E-state index is 0.265. The van der Waals surface area contributed by atoms with Crippen molar-refractivity contribution in [2.45, 2.75) is 18.9 Å². The Labute approximate surface area is 78.7 Å². The summed E-state index contributed by atoms with van der Waals surface area (Å²) in [6.45, 7) is 2.85. The number of urea groups is 1. The van der Waals surface area contributed by atoms with Gasteiger partial charge in [0, 0.05) is 19.1 Å². The third-order valence-corrected chi connectivity index (χ3v) is 3.45. The monoisotopic (exact) mass is 183 g/mol. The first-order valence-electron chi connectivity index (χ1n) is 4.93. The van der Waals surface area contributed by atoms with Crippen LogP contribution >= 0.6 is 0 Å². The minimum atomic E-state index is -0.265. The quantitative estimate of drug-likeness (QED) is 0.578. The van der Waals surface area contributed by atoms with Crippen molar-refractivity contribution in [3.05, 3.63) is 0 Å². The molecule has 74 valence electrons. The predicted molar refractivity (Wildman–Crippen MR) is 50.3 cm³/mol. The number of likely N-dealkylation sites (tertiary alicyclic amines) is 2. The van der Waals surface area contributed by atoms with Crippen LogP contribution in [0.2, 0.25) is 0 Å². The number of likely N-dealkylation sites (N-methyl/N-ethyl adjacent to an activating group) is 1. The van der Waals surface area contributed by atoms with Gasteiger partial charge in [0.05, 0.1) is 0 Å². The molecular weight excluding hydrogens is 166 g/mol. The van der Waals surface area contributed by atoms with Crippen molar-refractivity contribution in [2.75, 3.05) is 26.7 Å². The molecule has 2 N–H and O–H groups in total. The zero-order chi connectivity index (χ0) is 9.42. The number of hydrogen-bond acceptors (Lipinski definition) is 2. The van der Waals surface area contributed by atoms with Crippen molar-refractivity contribution in [3.63, 3.8) is 0 Å². The summed E-state index contributed by atoms with van der Waals surface area (Å²) in [7, 11) is 2.13. The molecule has 2 aliphatic heterocycles. The molecule has 2 unspecified atom stereocenters. The molecule has 0 spiro atoms. The molecule has 0 aromatic heterocycles. The molecule has 2 atom stereocenters. The Morgan fingerprint density at radius 2 is 2.08 bits per heavy atom. The summed E-state index contributed by atoms with van der Waals surface area (Å²) < 4.78 is 0. The van der Waals surface area contributed by atoms with Gasteiger partial charge in [-0.25, -0.2) is 4.79 Å². The van der Waals surface area contributed by atoms with Gasteiger partial charge in [0.15, 0.2) is 0 Å². The Morgan fingerprint density at radius 1 is 1.38 bits per heavy atom. The van der Waals surface area contributed by atoms with E-state index in [1.165, 1.54) is 13.0 Å². The van der Waals surface area contributed by atoms with Gasteiger partial charge in [0.2, 0.25) is 0 Å². The SMILES string of the molecule is CN1CCC2CCN(C(N)=O)CC21. The summed E-state index contributed by atoms with van der Waals surface area (Å²) in [5.74, 6) is 0.792. The van der Waals surface area contributed by atoms with Gasteiger partial charge in [0.1, 0.15) is 0 Å². The molecular formula is C9H17N3O. The van der Waals surface area contributed by atoms with Gasteiger partial charge in [-0.15, -0.1) is 0 Å². The zero-order valence-electron chi connectivity index (χ0n) is 8.07. The summed E-state index contributed by atoms with van der Waals surface area (Å²) in [5, 5.41) is 0. The van der Waals surface area contributed by atoms with Crippen LogP contribution in [0, 0.1) is 5.92 Å². The topological polar surface area (TPSA) is 49.6 Å². The number of rotatable bonds is 0. The number of carbonyl (C=O) groups is 1. The second-order valence-electron chi connectivity index (χ2n) is 4.17. The second-order valence-corrected chi connectivity index (χ2v) is 4.17. The molecule has 2 aliphatic rings. The van der Waals surface area contributed by atoms with Gasteiger partial charge in [-0.1, -0.05) is 0 Å². The van der Waals surface area contributed by atoms with E-state index >= 15 is 0 Å². The highest BCUT2D eigenvalue weighted by Gasteiger charge is 2.37. The van der Waals surface area contributed by atoms with Crippen LogP contribution in [-0.4, -0.2) is 48.6 Å². The third kappa shape index (κ3) is 1.50. The normalized spacial score (nSPS) is 34.7. The maximum Gasteiger partial charge on any atom is 0.314 e. The zero-order valence-corrected chi connectivity index (χ0v) is 8.07.